The third-order valence-corrected chi connectivity index (χ3v) is 10.4. The van der Waals surface area contributed by atoms with E-state index in [-0.39, 0.29) is 9.79 Å². The van der Waals surface area contributed by atoms with Crippen LogP contribution in [0.25, 0.3) is 0 Å². The fourth-order valence-corrected chi connectivity index (χ4v) is 7.48. The highest BCUT2D eigenvalue weighted by Crippen LogP contribution is 2.28. The summed E-state index contributed by atoms with van der Waals surface area (Å²) in [5.41, 5.74) is 1.41. The molecule has 1 fully saturated rings. The van der Waals surface area contributed by atoms with Crippen LogP contribution in [0.5, 0.6) is 0 Å². The molecule has 1 amide bonds. The van der Waals surface area contributed by atoms with Crippen molar-refractivity contribution in [1.82, 2.24) is 4.31 Å². The molecule has 3 aromatic rings. The third-order valence-electron chi connectivity index (χ3n) is 6.41. The Morgan fingerprint density at radius 1 is 0.842 bits per heavy atom. The normalized spacial score (nSPS) is 15.0. The minimum absolute atomic E-state index is 0.000949. The first-order valence-electron chi connectivity index (χ1n) is 12.3. The molecule has 4 rings (SSSR count). The Kier molecular flexibility index (Phi) is 8.77. The lowest BCUT2D eigenvalue weighted by Crippen LogP contribution is -2.38. The van der Waals surface area contributed by atoms with E-state index < -0.39 is 32.5 Å². The Morgan fingerprint density at radius 3 is 2.03 bits per heavy atom. The van der Waals surface area contributed by atoms with Crippen molar-refractivity contribution >= 4 is 48.9 Å². The molecule has 0 radical (unpaired) electrons. The second kappa shape index (κ2) is 11.9. The van der Waals surface area contributed by atoms with Gasteiger partial charge in [0.1, 0.15) is 6.54 Å². The fraction of sp³-hybridized carbons (Fsp3) is 0.296. The molecule has 0 atom stereocenters. The van der Waals surface area contributed by atoms with Crippen LogP contribution in [-0.4, -0.2) is 46.7 Å². The van der Waals surface area contributed by atoms with Gasteiger partial charge < -0.3 is 5.32 Å². The Hall–Kier alpha value is -2.92. The molecule has 3 aromatic carbocycles. The molecule has 8 nitrogen and oxygen atoms in total. The van der Waals surface area contributed by atoms with Crippen molar-refractivity contribution in [2.75, 3.05) is 29.3 Å². The number of nitrogens with one attached hydrogen (secondary N) is 1. The molecule has 1 heterocycles. The number of carbonyl (C=O) groups excluding carboxylic acids is 1. The van der Waals surface area contributed by atoms with E-state index in [1.165, 1.54) is 52.8 Å². The van der Waals surface area contributed by atoms with E-state index in [9.17, 15) is 21.6 Å². The van der Waals surface area contributed by atoms with Gasteiger partial charge in [0.2, 0.25) is 15.9 Å². The molecule has 0 aliphatic carbocycles. The van der Waals surface area contributed by atoms with E-state index >= 15 is 0 Å². The first-order valence-corrected chi connectivity index (χ1v) is 15.6. The molecular formula is C27H30ClN3O5S2. The Balaban J connectivity index is 1.54. The van der Waals surface area contributed by atoms with Crippen LogP contribution < -0.4 is 9.62 Å². The van der Waals surface area contributed by atoms with Gasteiger partial charge in [0, 0.05) is 23.8 Å². The molecule has 38 heavy (non-hydrogen) atoms. The highest BCUT2D eigenvalue weighted by molar-refractivity contribution is 7.92. The van der Waals surface area contributed by atoms with Gasteiger partial charge in [-0.3, -0.25) is 9.10 Å². The lowest BCUT2D eigenvalue weighted by molar-refractivity contribution is -0.114. The van der Waals surface area contributed by atoms with Gasteiger partial charge in [-0.05, 0) is 79.9 Å². The number of nitrogens with zero attached hydrogens (tertiary/aromatic N) is 2. The topological polar surface area (TPSA) is 104 Å². The zero-order valence-electron chi connectivity index (χ0n) is 21.0. The second-order valence-electron chi connectivity index (χ2n) is 9.14. The number of hydrogen-bond acceptors (Lipinski definition) is 5. The van der Waals surface area contributed by atoms with Crippen LogP contribution in [0.3, 0.4) is 0 Å². The molecule has 202 valence electrons. The summed E-state index contributed by atoms with van der Waals surface area (Å²) < 4.78 is 55.7. The van der Waals surface area contributed by atoms with E-state index in [1.54, 1.807) is 31.2 Å². The maximum Gasteiger partial charge on any atom is 0.264 e. The number of sulfonamides is 2. The number of carbonyl (C=O) groups is 1. The highest BCUT2D eigenvalue weighted by atomic mass is 35.5. The van der Waals surface area contributed by atoms with Gasteiger partial charge in [-0.25, -0.2) is 16.8 Å². The van der Waals surface area contributed by atoms with Crippen LogP contribution in [0.1, 0.15) is 31.2 Å². The quantitative estimate of drug-likeness (QED) is 0.405. The summed E-state index contributed by atoms with van der Waals surface area (Å²) in [7, 11) is -7.71. The lowest BCUT2D eigenvalue weighted by Gasteiger charge is -2.25. The zero-order valence-corrected chi connectivity index (χ0v) is 23.4. The SMILES string of the molecule is Cc1ccccc1N(CC(=O)Nc1ccc(S(=O)(=O)N2CCCCCC2)cc1)S(=O)(=O)c1ccc(Cl)cc1. The van der Waals surface area contributed by atoms with Gasteiger partial charge in [0.05, 0.1) is 15.5 Å². The van der Waals surface area contributed by atoms with Crippen molar-refractivity contribution in [3.63, 3.8) is 0 Å². The molecule has 0 aromatic heterocycles. The van der Waals surface area contributed by atoms with Crippen molar-refractivity contribution in [2.45, 2.75) is 42.4 Å². The highest BCUT2D eigenvalue weighted by Gasteiger charge is 2.29. The number of benzene rings is 3. The molecular weight excluding hydrogens is 546 g/mol. The van der Waals surface area contributed by atoms with Crippen LogP contribution in [0, 0.1) is 6.92 Å². The first kappa shape index (κ1) is 28.1. The number of aryl methyl sites for hydroxylation is 1. The number of anilines is 2. The van der Waals surface area contributed by atoms with Crippen LogP contribution in [0.4, 0.5) is 11.4 Å². The van der Waals surface area contributed by atoms with Crippen molar-refractivity contribution < 1.29 is 21.6 Å². The number of hydrogen-bond donors (Lipinski definition) is 1. The average molecular weight is 576 g/mol. The molecule has 1 aliphatic heterocycles. The Bertz CT molecular complexity index is 1480. The number of halogens is 1. The summed E-state index contributed by atoms with van der Waals surface area (Å²) in [5, 5.41) is 3.08. The van der Waals surface area contributed by atoms with Gasteiger partial charge in [0.25, 0.3) is 10.0 Å². The van der Waals surface area contributed by atoms with Gasteiger partial charge in [-0.15, -0.1) is 0 Å². The summed E-state index contributed by atoms with van der Waals surface area (Å²) in [5.74, 6) is -0.575. The summed E-state index contributed by atoms with van der Waals surface area (Å²) in [6.07, 6.45) is 3.71. The second-order valence-corrected chi connectivity index (χ2v) is 13.4. The van der Waals surface area contributed by atoms with E-state index in [0.717, 1.165) is 30.0 Å². The van der Waals surface area contributed by atoms with Crippen molar-refractivity contribution in [2.24, 2.45) is 0 Å². The molecule has 0 saturated carbocycles. The Labute approximate surface area is 229 Å². The van der Waals surface area contributed by atoms with Crippen molar-refractivity contribution in [3.8, 4) is 0 Å². The van der Waals surface area contributed by atoms with Crippen molar-refractivity contribution in [3.05, 3.63) is 83.4 Å². The number of rotatable bonds is 8. The zero-order chi connectivity index (χ0) is 27.3. The van der Waals surface area contributed by atoms with E-state index in [1.807, 2.05) is 0 Å². The minimum Gasteiger partial charge on any atom is -0.325 e. The smallest absolute Gasteiger partial charge is 0.264 e. The van der Waals surface area contributed by atoms with Crippen LogP contribution >= 0.6 is 11.6 Å². The van der Waals surface area contributed by atoms with Gasteiger partial charge in [0.15, 0.2) is 0 Å². The average Bonchev–Trinajstić information content (AvgIpc) is 3.19. The number of para-hydroxylation sites is 1. The van der Waals surface area contributed by atoms with Gasteiger partial charge >= 0.3 is 0 Å². The maximum absolute atomic E-state index is 13.5. The first-order chi connectivity index (χ1) is 18.1. The molecule has 0 unspecified atom stereocenters. The van der Waals surface area contributed by atoms with Gasteiger partial charge in [-0.1, -0.05) is 42.6 Å². The molecule has 11 heteroatoms. The van der Waals surface area contributed by atoms with E-state index in [2.05, 4.69) is 5.32 Å². The number of amides is 1. The van der Waals surface area contributed by atoms with Gasteiger partial charge in [-0.2, -0.15) is 4.31 Å². The van der Waals surface area contributed by atoms with Crippen molar-refractivity contribution in [1.29, 1.82) is 0 Å². The predicted molar refractivity (Wildman–Crippen MR) is 149 cm³/mol. The van der Waals surface area contributed by atoms with E-state index in [0.29, 0.717) is 35.1 Å². The van der Waals surface area contributed by atoms with E-state index in [4.69, 9.17) is 11.6 Å². The third kappa shape index (κ3) is 6.37. The Morgan fingerprint density at radius 2 is 1.42 bits per heavy atom. The minimum atomic E-state index is -4.09. The molecule has 0 bridgehead atoms. The van der Waals surface area contributed by atoms with Crippen LogP contribution in [-0.2, 0) is 24.8 Å². The summed E-state index contributed by atoms with van der Waals surface area (Å²) in [6, 6.07) is 18.6. The van der Waals surface area contributed by atoms with Crippen LogP contribution in [0.15, 0.2) is 82.6 Å². The summed E-state index contributed by atoms with van der Waals surface area (Å²) >= 11 is 5.94. The standard InChI is InChI=1S/C27H30ClN3O5S2/c1-21-8-4-5-9-26(21)31(38(35,36)25-14-10-22(28)11-15-25)20-27(32)29-23-12-16-24(17-13-23)37(33,34)30-18-6-2-3-7-19-30/h4-5,8-17H,2-3,6-7,18-20H2,1H3,(H,29,32). The van der Waals surface area contributed by atoms with Crippen LogP contribution in [0.2, 0.25) is 5.02 Å². The molecule has 1 saturated heterocycles. The fourth-order valence-electron chi connectivity index (χ4n) is 4.35. The molecule has 1 aliphatic rings. The largest absolute Gasteiger partial charge is 0.325 e. The monoisotopic (exact) mass is 575 g/mol. The molecule has 0 spiro atoms. The summed E-state index contributed by atoms with van der Waals surface area (Å²) in [4.78, 5) is 13.2. The maximum atomic E-state index is 13.5. The lowest BCUT2D eigenvalue weighted by atomic mass is 10.2. The predicted octanol–water partition coefficient (Wildman–Crippen LogP) is 5.05. The molecule has 1 N–H and O–H groups in total. The summed E-state index contributed by atoms with van der Waals surface area (Å²) in [6.45, 7) is 2.28.